The fourth-order valence-corrected chi connectivity index (χ4v) is 1.70. The van der Waals surface area contributed by atoms with Gasteiger partial charge in [0.15, 0.2) is 0 Å². The van der Waals surface area contributed by atoms with Crippen LogP contribution in [-0.2, 0) is 6.42 Å². The van der Waals surface area contributed by atoms with Gasteiger partial charge in [-0.3, -0.25) is 4.99 Å². The van der Waals surface area contributed by atoms with E-state index in [1.807, 2.05) is 6.21 Å². The van der Waals surface area contributed by atoms with Gasteiger partial charge in [-0.1, -0.05) is 19.6 Å². The lowest BCUT2D eigenvalue weighted by Gasteiger charge is -2.02. The molecule has 0 aromatic heterocycles. The zero-order chi connectivity index (χ0) is 9.68. The molecule has 0 unspecified atom stereocenters. The molecule has 0 radical (unpaired) electrons. The summed E-state index contributed by atoms with van der Waals surface area (Å²) in [5.74, 6) is 0. The van der Waals surface area contributed by atoms with Crippen molar-refractivity contribution in [3.05, 3.63) is 45.7 Å². The molecule has 1 rings (SSSR count). The van der Waals surface area contributed by atoms with Gasteiger partial charge in [0.2, 0.25) is 0 Å². The number of aryl methyl sites for hydroxylation is 1. The Morgan fingerprint density at radius 3 is 2.92 bits per heavy atom. The topological polar surface area (TPSA) is 12.4 Å². The highest BCUT2D eigenvalue weighted by molar-refractivity contribution is 14.1. The largest absolute Gasteiger partial charge is 0.265 e. The minimum atomic E-state index is 1.04. The molecule has 1 aromatic rings. The minimum Gasteiger partial charge on any atom is -0.265 e. The zero-order valence-corrected chi connectivity index (χ0v) is 9.78. The van der Waals surface area contributed by atoms with E-state index in [9.17, 15) is 0 Å². The van der Waals surface area contributed by atoms with Crippen LogP contribution in [0.2, 0.25) is 0 Å². The van der Waals surface area contributed by atoms with Gasteiger partial charge < -0.3 is 0 Å². The predicted molar refractivity (Wildman–Crippen MR) is 66.3 cm³/mol. The minimum absolute atomic E-state index is 1.04. The highest BCUT2D eigenvalue weighted by Crippen LogP contribution is 2.12. The molecular weight excluding hydrogens is 273 g/mol. The van der Waals surface area contributed by atoms with E-state index in [1.54, 1.807) is 6.20 Å². The first-order valence-corrected chi connectivity index (χ1v) is 5.28. The predicted octanol–water partition coefficient (Wildman–Crippen LogP) is 3.42. The molecule has 13 heavy (non-hydrogen) atoms. The maximum Gasteiger partial charge on any atom is 0.0342 e. The highest BCUT2D eigenvalue weighted by atomic mass is 127. The second-order valence-corrected chi connectivity index (χ2v) is 3.90. The van der Waals surface area contributed by atoms with Crippen LogP contribution >= 0.6 is 22.6 Å². The molecule has 1 aromatic carbocycles. The van der Waals surface area contributed by atoms with E-state index in [0.717, 1.165) is 6.42 Å². The Morgan fingerprint density at radius 2 is 2.31 bits per heavy atom. The maximum atomic E-state index is 4.02. The molecule has 0 N–H and O–H groups in total. The molecule has 0 atom stereocenters. The van der Waals surface area contributed by atoms with E-state index >= 15 is 0 Å². The summed E-state index contributed by atoms with van der Waals surface area (Å²) in [6.45, 7) is 5.70. The average Bonchev–Trinajstić information content (AvgIpc) is 2.16. The van der Waals surface area contributed by atoms with Crippen LogP contribution in [0, 0.1) is 3.57 Å². The van der Waals surface area contributed by atoms with Gasteiger partial charge in [-0.25, -0.2) is 0 Å². The summed E-state index contributed by atoms with van der Waals surface area (Å²) in [6, 6.07) is 6.36. The Morgan fingerprint density at radius 1 is 1.54 bits per heavy atom. The van der Waals surface area contributed by atoms with Crippen LogP contribution in [0.25, 0.3) is 0 Å². The van der Waals surface area contributed by atoms with Crippen LogP contribution in [0.3, 0.4) is 0 Å². The first-order chi connectivity index (χ1) is 6.27. The molecule has 0 amide bonds. The molecule has 0 aliphatic rings. The van der Waals surface area contributed by atoms with E-state index in [-0.39, 0.29) is 0 Å². The van der Waals surface area contributed by atoms with Crippen molar-refractivity contribution in [2.45, 2.75) is 13.3 Å². The van der Waals surface area contributed by atoms with E-state index in [2.05, 4.69) is 59.3 Å². The monoisotopic (exact) mass is 285 g/mol. The molecule has 68 valence electrons. The molecule has 0 bridgehead atoms. The quantitative estimate of drug-likeness (QED) is 0.596. The summed E-state index contributed by atoms with van der Waals surface area (Å²) >= 11 is 2.32. The third-order valence-electron chi connectivity index (χ3n) is 1.80. The summed E-state index contributed by atoms with van der Waals surface area (Å²) in [5, 5.41) is 0. The number of hydrogen-bond donors (Lipinski definition) is 0. The molecule has 1 nitrogen and oxygen atoms in total. The number of aliphatic imine (C=N–C) groups is 1. The fraction of sp³-hybridized carbons (Fsp3) is 0.182. The molecule has 0 saturated heterocycles. The lowest BCUT2D eigenvalue weighted by atomic mass is 10.1. The first-order valence-electron chi connectivity index (χ1n) is 4.20. The molecule has 0 fully saturated rings. The zero-order valence-electron chi connectivity index (χ0n) is 7.63. The van der Waals surface area contributed by atoms with Gasteiger partial charge in [0, 0.05) is 16.0 Å². The van der Waals surface area contributed by atoms with Crippen molar-refractivity contribution >= 4 is 28.8 Å². The molecule has 0 aliphatic heterocycles. The fourth-order valence-electron chi connectivity index (χ4n) is 1.14. The van der Waals surface area contributed by atoms with Gasteiger partial charge in [0.05, 0.1) is 0 Å². The number of nitrogens with zero attached hydrogens (tertiary/aromatic N) is 1. The van der Waals surface area contributed by atoms with E-state index in [1.165, 1.54) is 14.7 Å². The molecule has 0 heterocycles. The Balaban J connectivity index is 3.05. The number of benzene rings is 1. The average molecular weight is 285 g/mol. The number of halogens is 1. The first kappa shape index (κ1) is 10.4. The highest BCUT2D eigenvalue weighted by Gasteiger charge is 1.97. The summed E-state index contributed by atoms with van der Waals surface area (Å²) in [7, 11) is 0. The third kappa shape index (κ3) is 2.95. The summed E-state index contributed by atoms with van der Waals surface area (Å²) in [5.41, 5.74) is 2.51. The van der Waals surface area contributed by atoms with Gasteiger partial charge in [0.1, 0.15) is 0 Å². The Bertz CT molecular complexity index is 329. The summed E-state index contributed by atoms with van der Waals surface area (Å²) in [6.07, 6.45) is 4.44. The van der Waals surface area contributed by atoms with Crippen LogP contribution in [0.15, 0.2) is 36.0 Å². The second-order valence-electron chi connectivity index (χ2n) is 2.66. The van der Waals surface area contributed by atoms with Crippen LogP contribution in [0.5, 0.6) is 0 Å². The van der Waals surface area contributed by atoms with Crippen molar-refractivity contribution in [2.24, 2.45) is 4.99 Å². The Kier molecular flexibility index (Phi) is 4.15. The van der Waals surface area contributed by atoms with Crippen molar-refractivity contribution in [1.82, 2.24) is 0 Å². The molecular formula is C11H12IN. The van der Waals surface area contributed by atoms with Gasteiger partial charge >= 0.3 is 0 Å². The maximum absolute atomic E-state index is 4.02. The van der Waals surface area contributed by atoms with Crippen molar-refractivity contribution in [2.75, 3.05) is 0 Å². The normalized spacial score (nSPS) is 10.6. The Labute approximate surface area is 92.7 Å². The van der Waals surface area contributed by atoms with E-state index < -0.39 is 0 Å². The van der Waals surface area contributed by atoms with Gasteiger partial charge in [-0.2, -0.15) is 0 Å². The molecule has 0 spiro atoms. The lowest BCUT2D eigenvalue weighted by Crippen LogP contribution is -1.91. The summed E-state index contributed by atoms with van der Waals surface area (Å²) < 4.78 is 1.27. The number of rotatable bonds is 3. The smallest absolute Gasteiger partial charge is 0.0342 e. The van der Waals surface area contributed by atoms with Crippen molar-refractivity contribution in [1.29, 1.82) is 0 Å². The molecule has 0 saturated carbocycles. The van der Waals surface area contributed by atoms with E-state index in [4.69, 9.17) is 0 Å². The van der Waals surface area contributed by atoms with Crippen LogP contribution < -0.4 is 0 Å². The number of hydrogen-bond acceptors (Lipinski definition) is 1. The molecule has 2 heteroatoms. The van der Waals surface area contributed by atoms with Crippen LogP contribution in [0.1, 0.15) is 18.1 Å². The van der Waals surface area contributed by atoms with Crippen LogP contribution in [-0.4, -0.2) is 6.21 Å². The Hall–Kier alpha value is -0.640. The van der Waals surface area contributed by atoms with E-state index in [0.29, 0.717) is 0 Å². The summed E-state index contributed by atoms with van der Waals surface area (Å²) in [4.78, 5) is 4.02. The second kappa shape index (κ2) is 5.17. The molecule has 0 aliphatic carbocycles. The van der Waals surface area contributed by atoms with Crippen molar-refractivity contribution in [3.8, 4) is 0 Å². The lowest BCUT2D eigenvalue weighted by molar-refractivity contribution is 1.13. The SMILES string of the molecule is C=CN=Cc1ccc(I)cc1CC. The van der Waals surface area contributed by atoms with Crippen molar-refractivity contribution < 1.29 is 0 Å². The van der Waals surface area contributed by atoms with Gasteiger partial charge in [-0.15, -0.1) is 0 Å². The van der Waals surface area contributed by atoms with Crippen LogP contribution in [0.4, 0.5) is 0 Å². The van der Waals surface area contributed by atoms with Gasteiger partial charge in [-0.05, 0) is 52.3 Å². The standard InChI is InChI=1S/C11H12IN/c1-3-9-7-11(12)6-5-10(9)8-13-4-2/h4-8H,2-3H2,1H3. The third-order valence-corrected chi connectivity index (χ3v) is 2.48. The van der Waals surface area contributed by atoms with Crippen molar-refractivity contribution in [3.63, 3.8) is 0 Å². The van der Waals surface area contributed by atoms with Gasteiger partial charge in [0.25, 0.3) is 0 Å².